The van der Waals surface area contributed by atoms with Crippen LogP contribution in [0.2, 0.25) is 0 Å². The van der Waals surface area contributed by atoms with E-state index in [1.54, 1.807) is 83.1 Å². The van der Waals surface area contributed by atoms with Crippen molar-refractivity contribution in [1.82, 2.24) is 19.6 Å². The summed E-state index contributed by atoms with van der Waals surface area (Å²) in [5.74, 6) is -2.79. The lowest BCUT2D eigenvalue weighted by atomic mass is 10.1. The molecule has 1 aliphatic rings. The first-order valence-corrected chi connectivity index (χ1v) is 17.2. The second-order valence-electron chi connectivity index (χ2n) is 16.6. The molecule has 1 saturated heterocycles. The molecule has 1 atom stereocenters. The van der Waals surface area contributed by atoms with Crippen molar-refractivity contribution in [3.63, 3.8) is 0 Å². The first-order chi connectivity index (χ1) is 22.2. The van der Waals surface area contributed by atoms with Gasteiger partial charge in [-0.1, -0.05) is 0 Å². The molecule has 0 aromatic rings. The van der Waals surface area contributed by atoms with Crippen LogP contribution < -0.4 is 0 Å². The number of rotatable bonds is 11. The van der Waals surface area contributed by atoms with Crippen LogP contribution >= 0.6 is 0 Å². The molecule has 0 aromatic carbocycles. The second-order valence-corrected chi connectivity index (χ2v) is 16.6. The van der Waals surface area contributed by atoms with Crippen molar-refractivity contribution < 1.29 is 48.0 Å². The van der Waals surface area contributed by atoms with Gasteiger partial charge in [0.05, 0.1) is 19.6 Å². The van der Waals surface area contributed by atoms with Crippen molar-refractivity contribution in [3.05, 3.63) is 0 Å². The average Bonchev–Trinajstić information content (AvgIpc) is 2.85. The quantitative estimate of drug-likeness (QED) is 0.248. The topological polar surface area (TPSA) is 155 Å². The lowest BCUT2D eigenvalue weighted by Crippen LogP contribution is -2.53. The number of hydrogen-bond donors (Lipinski definition) is 1. The minimum absolute atomic E-state index is 0.0137. The number of hydrogen-bond acceptors (Lipinski definition) is 13. The maximum Gasteiger partial charge on any atom is 0.323 e. The first kappa shape index (κ1) is 44.2. The zero-order valence-electron chi connectivity index (χ0n) is 32.2. The number of carbonyl (C=O) groups excluding carboxylic acids is 4. The van der Waals surface area contributed by atoms with E-state index in [2.05, 4.69) is 0 Å². The molecular weight excluding hydrogens is 636 g/mol. The van der Waals surface area contributed by atoms with Crippen LogP contribution in [0.1, 0.15) is 95.9 Å². The highest BCUT2D eigenvalue weighted by molar-refractivity contribution is 5.77. The van der Waals surface area contributed by atoms with Crippen molar-refractivity contribution in [2.24, 2.45) is 0 Å². The van der Waals surface area contributed by atoms with Crippen molar-refractivity contribution in [2.75, 3.05) is 72.0 Å². The van der Waals surface area contributed by atoms with E-state index in [1.807, 2.05) is 19.6 Å². The molecule has 1 aliphatic heterocycles. The molecule has 284 valence electrons. The zero-order chi connectivity index (χ0) is 37.8. The van der Waals surface area contributed by atoms with E-state index in [1.165, 1.54) is 0 Å². The van der Waals surface area contributed by atoms with Crippen molar-refractivity contribution in [2.45, 2.75) is 124 Å². The van der Waals surface area contributed by atoms with Crippen molar-refractivity contribution >= 4 is 29.8 Å². The van der Waals surface area contributed by atoms with Gasteiger partial charge in [-0.05, 0) is 89.5 Å². The van der Waals surface area contributed by atoms with Gasteiger partial charge in [0.2, 0.25) is 0 Å². The smallest absolute Gasteiger partial charge is 0.323 e. The van der Waals surface area contributed by atoms with Crippen LogP contribution in [0.3, 0.4) is 0 Å². The van der Waals surface area contributed by atoms with Gasteiger partial charge >= 0.3 is 29.8 Å². The number of esters is 4. The van der Waals surface area contributed by atoms with Crippen LogP contribution in [0.5, 0.6) is 0 Å². The molecule has 0 bridgehead atoms. The SMILES string of the molecule is CC(C)(C)OC(=O)CN1CCN(CC(=O)OC(C)(C)C)CCN([C@H](CCC(=O)O)C(=O)OC(C)(C)C)CCN(CC(=O)OC(C)(C)C)CC1. The molecule has 0 radical (unpaired) electrons. The predicted octanol–water partition coefficient (Wildman–Crippen LogP) is 2.81. The largest absolute Gasteiger partial charge is 0.481 e. The average molecular weight is 701 g/mol. The Morgan fingerprint density at radius 3 is 1.06 bits per heavy atom. The Balaban J connectivity index is 3.50. The summed E-state index contributed by atoms with van der Waals surface area (Å²) in [5, 5.41) is 9.52. The number of carboxylic acid groups (broad SMARTS) is 1. The lowest BCUT2D eigenvalue weighted by molar-refractivity contribution is -0.163. The van der Waals surface area contributed by atoms with Crippen LogP contribution in [0, 0.1) is 0 Å². The highest BCUT2D eigenvalue weighted by Gasteiger charge is 2.33. The van der Waals surface area contributed by atoms with Gasteiger partial charge in [-0.15, -0.1) is 0 Å². The standard InChI is InChI=1S/C35H64N4O10/c1-32(2,3)46-28(42)23-36-15-17-37(24-29(43)47-33(4,5)6)19-21-39(26(13-14-27(40)41)31(45)49-35(10,11)12)22-20-38(18-16-36)25-30(44)48-34(7,8)9/h26H,13-25H2,1-12H3,(H,40,41)/t26-/m1/s1. The predicted molar refractivity (Wildman–Crippen MR) is 185 cm³/mol. The van der Waals surface area contributed by atoms with Crippen LogP contribution in [0.25, 0.3) is 0 Å². The summed E-state index contributed by atoms with van der Waals surface area (Å²) in [7, 11) is 0. The Kier molecular flexibility index (Phi) is 17.1. The van der Waals surface area contributed by atoms with E-state index >= 15 is 0 Å². The number of ether oxygens (including phenoxy) is 4. The van der Waals surface area contributed by atoms with Crippen LogP contribution in [-0.4, -0.2) is 155 Å². The van der Waals surface area contributed by atoms with Gasteiger partial charge in [-0.2, -0.15) is 0 Å². The Bertz CT molecular complexity index is 1060. The van der Waals surface area contributed by atoms with Crippen molar-refractivity contribution in [3.8, 4) is 0 Å². The fourth-order valence-electron chi connectivity index (χ4n) is 5.09. The molecule has 14 heteroatoms. The fourth-order valence-corrected chi connectivity index (χ4v) is 5.09. The van der Waals surface area contributed by atoms with Gasteiger partial charge in [-0.25, -0.2) is 0 Å². The Morgan fingerprint density at radius 1 is 0.510 bits per heavy atom. The van der Waals surface area contributed by atoms with Gasteiger partial charge in [-0.3, -0.25) is 43.6 Å². The zero-order valence-corrected chi connectivity index (χ0v) is 32.2. The Morgan fingerprint density at radius 2 is 0.796 bits per heavy atom. The second kappa shape index (κ2) is 19.0. The lowest BCUT2D eigenvalue weighted by Gasteiger charge is -2.37. The van der Waals surface area contributed by atoms with E-state index < -0.39 is 52.3 Å². The molecule has 49 heavy (non-hydrogen) atoms. The van der Waals surface area contributed by atoms with E-state index in [4.69, 9.17) is 18.9 Å². The highest BCUT2D eigenvalue weighted by Crippen LogP contribution is 2.17. The molecule has 1 heterocycles. The molecule has 0 unspecified atom stereocenters. The Labute approximate surface area is 293 Å². The van der Waals surface area contributed by atoms with Crippen LogP contribution in [-0.2, 0) is 42.9 Å². The van der Waals surface area contributed by atoms with Gasteiger partial charge in [0, 0.05) is 58.8 Å². The van der Waals surface area contributed by atoms with E-state index in [0.29, 0.717) is 52.4 Å². The summed E-state index contributed by atoms with van der Waals surface area (Å²) in [6.07, 6.45) is -0.227. The minimum Gasteiger partial charge on any atom is -0.481 e. The van der Waals surface area contributed by atoms with Gasteiger partial charge in [0.25, 0.3) is 0 Å². The molecular formula is C35H64N4O10. The molecule has 0 saturated carbocycles. The molecule has 0 spiro atoms. The number of aliphatic carboxylic acids is 1. The molecule has 0 aliphatic carbocycles. The van der Waals surface area contributed by atoms with Gasteiger partial charge in [0.1, 0.15) is 28.4 Å². The summed E-state index contributed by atoms with van der Waals surface area (Å²) in [6.45, 7) is 24.2. The third-order valence-electron chi connectivity index (χ3n) is 6.94. The maximum atomic E-state index is 13.5. The third kappa shape index (κ3) is 21.8. The number of carbonyl (C=O) groups is 5. The molecule has 1 rings (SSSR count). The van der Waals surface area contributed by atoms with E-state index in [-0.39, 0.29) is 38.4 Å². The molecule has 0 amide bonds. The summed E-state index contributed by atoms with van der Waals surface area (Å²) >= 11 is 0. The molecule has 0 aromatic heterocycles. The van der Waals surface area contributed by atoms with Crippen molar-refractivity contribution in [1.29, 1.82) is 0 Å². The molecule has 1 N–H and O–H groups in total. The highest BCUT2D eigenvalue weighted by atomic mass is 16.6. The number of nitrogens with zero attached hydrogens (tertiary/aromatic N) is 4. The van der Waals surface area contributed by atoms with E-state index in [0.717, 1.165) is 0 Å². The third-order valence-corrected chi connectivity index (χ3v) is 6.94. The van der Waals surface area contributed by atoms with Crippen LogP contribution in [0.15, 0.2) is 0 Å². The molecule has 14 nitrogen and oxygen atoms in total. The fraction of sp³-hybridized carbons (Fsp3) is 0.857. The summed E-state index contributed by atoms with van der Waals surface area (Å²) in [4.78, 5) is 71.6. The van der Waals surface area contributed by atoms with E-state index in [9.17, 15) is 29.1 Å². The summed E-state index contributed by atoms with van der Waals surface area (Å²) in [6, 6.07) is -0.881. The summed E-state index contributed by atoms with van der Waals surface area (Å²) < 4.78 is 22.5. The van der Waals surface area contributed by atoms with Crippen LogP contribution in [0.4, 0.5) is 0 Å². The first-order valence-electron chi connectivity index (χ1n) is 17.2. The molecule has 1 fully saturated rings. The Hall–Kier alpha value is -2.81. The normalized spacial score (nSPS) is 18.0. The maximum absolute atomic E-state index is 13.5. The summed E-state index contributed by atoms with van der Waals surface area (Å²) in [5.41, 5.74) is -2.83. The number of carboxylic acids is 1. The van der Waals surface area contributed by atoms with Gasteiger partial charge < -0.3 is 24.1 Å². The monoisotopic (exact) mass is 700 g/mol. The minimum atomic E-state index is -1.04. The van der Waals surface area contributed by atoms with Gasteiger partial charge in [0.15, 0.2) is 0 Å².